The van der Waals surface area contributed by atoms with Gasteiger partial charge in [0.2, 0.25) is 5.16 Å². The first-order chi connectivity index (χ1) is 15.2. The summed E-state index contributed by atoms with van der Waals surface area (Å²) in [4.78, 5) is 33.8. The standard InChI is InChI=1S/C21H22N6O3S2/c1-10-6-7-11(2)15(8-10)27-21(24-25-26-27)31-9-16(28)30-13(4)18-22-19(29)17-12(3)14(5)32-20(17)23-18/h6-8,13H,9H2,1-5H3,(H,22,23,29)/t13-/m0/s1. The van der Waals surface area contributed by atoms with Crippen molar-refractivity contribution in [2.45, 2.75) is 45.9 Å². The lowest BCUT2D eigenvalue weighted by Gasteiger charge is -2.12. The third kappa shape index (κ3) is 4.30. The SMILES string of the molecule is Cc1ccc(C)c(-n2nnnc2SCC(=O)O[C@@H](C)c2nc3sc(C)c(C)c3c(=O)[nH]2)c1. The van der Waals surface area contributed by atoms with Crippen LogP contribution in [-0.4, -0.2) is 41.9 Å². The molecule has 3 heterocycles. The minimum absolute atomic E-state index is 0.0132. The van der Waals surface area contributed by atoms with Gasteiger partial charge in [0.05, 0.1) is 16.8 Å². The molecule has 3 aromatic heterocycles. The summed E-state index contributed by atoms with van der Waals surface area (Å²) >= 11 is 2.63. The van der Waals surface area contributed by atoms with Crippen LogP contribution in [0, 0.1) is 27.7 Å². The summed E-state index contributed by atoms with van der Waals surface area (Å²) in [5.74, 6) is -0.124. The molecule has 0 fully saturated rings. The highest BCUT2D eigenvalue weighted by molar-refractivity contribution is 7.99. The molecule has 1 atom stereocenters. The van der Waals surface area contributed by atoms with Crippen LogP contribution < -0.4 is 5.56 Å². The largest absolute Gasteiger partial charge is 0.454 e. The summed E-state index contributed by atoms with van der Waals surface area (Å²) < 4.78 is 7.11. The van der Waals surface area contributed by atoms with Gasteiger partial charge in [0.15, 0.2) is 11.9 Å². The number of nitrogens with one attached hydrogen (secondary N) is 1. The van der Waals surface area contributed by atoms with Crippen molar-refractivity contribution in [1.29, 1.82) is 0 Å². The second-order valence-electron chi connectivity index (χ2n) is 7.50. The minimum atomic E-state index is -0.696. The lowest BCUT2D eigenvalue weighted by atomic mass is 10.1. The fourth-order valence-electron chi connectivity index (χ4n) is 3.24. The Hall–Kier alpha value is -3.05. The topological polar surface area (TPSA) is 116 Å². The van der Waals surface area contributed by atoms with Gasteiger partial charge in [-0.05, 0) is 67.8 Å². The van der Waals surface area contributed by atoms with Crippen LogP contribution >= 0.6 is 23.1 Å². The Morgan fingerprint density at radius 1 is 1.28 bits per heavy atom. The number of hydrogen-bond acceptors (Lipinski definition) is 9. The van der Waals surface area contributed by atoms with Crippen molar-refractivity contribution in [3.8, 4) is 5.69 Å². The Morgan fingerprint density at radius 3 is 2.84 bits per heavy atom. The van der Waals surface area contributed by atoms with Gasteiger partial charge in [-0.25, -0.2) is 4.98 Å². The van der Waals surface area contributed by atoms with E-state index in [1.54, 1.807) is 11.6 Å². The zero-order chi connectivity index (χ0) is 23.0. The maximum Gasteiger partial charge on any atom is 0.317 e. The van der Waals surface area contributed by atoms with Gasteiger partial charge in [-0.3, -0.25) is 9.59 Å². The number of rotatable bonds is 6. The van der Waals surface area contributed by atoms with Crippen molar-refractivity contribution in [1.82, 2.24) is 30.2 Å². The molecule has 4 aromatic rings. The molecular formula is C21H22N6O3S2. The number of thioether (sulfide) groups is 1. The number of benzene rings is 1. The molecule has 11 heteroatoms. The van der Waals surface area contributed by atoms with Gasteiger partial charge in [-0.1, -0.05) is 23.9 Å². The van der Waals surface area contributed by atoms with E-state index < -0.39 is 12.1 Å². The van der Waals surface area contributed by atoms with Crippen molar-refractivity contribution in [3.05, 3.63) is 55.9 Å². The molecule has 0 saturated carbocycles. The van der Waals surface area contributed by atoms with Crippen molar-refractivity contribution in [2.24, 2.45) is 0 Å². The maximum atomic E-state index is 12.5. The fourth-order valence-corrected chi connectivity index (χ4v) is 4.95. The van der Waals surface area contributed by atoms with Gasteiger partial charge in [-0.2, -0.15) is 4.68 Å². The number of aryl methyl sites for hydroxylation is 4. The van der Waals surface area contributed by atoms with Gasteiger partial charge >= 0.3 is 5.97 Å². The average molecular weight is 471 g/mol. The molecule has 0 saturated heterocycles. The first-order valence-corrected chi connectivity index (χ1v) is 11.7. The predicted octanol–water partition coefficient (Wildman–Crippen LogP) is 3.59. The first-order valence-electron chi connectivity index (χ1n) is 9.92. The minimum Gasteiger partial charge on any atom is -0.454 e. The number of H-pyrrole nitrogens is 1. The number of thiophene rings is 1. The third-order valence-corrected chi connectivity index (χ3v) is 7.10. The van der Waals surface area contributed by atoms with E-state index >= 15 is 0 Å². The number of tetrazole rings is 1. The number of fused-ring (bicyclic) bond motifs is 1. The number of nitrogens with zero attached hydrogens (tertiary/aromatic N) is 5. The first kappa shape index (κ1) is 22.2. The molecule has 166 valence electrons. The average Bonchev–Trinajstić information content (AvgIpc) is 3.32. The monoisotopic (exact) mass is 470 g/mol. The molecule has 9 nitrogen and oxygen atoms in total. The number of hydrogen-bond donors (Lipinski definition) is 1. The smallest absolute Gasteiger partial charge is 0.317 e. The number of esters is 1. The van der Waals surface area contributed by atoms with E-state index in [9.17, 15) is 9.59 Å². The molecule has 0 amide bonds. The second kappa shape index (κ2) is 8.83. The van der Waals surface area contributed by atoms with Gasteiger partial charge < -0.3 is 9.72 Å². The highest BCUT2D eigenvalue weighted by Crippen LogP contribution is 2.27. The molecular weight excluding hydrogens is 448 g/mol. The van der Waals surface area contributed by atoms with E-state index in [0.717, 1.165) is 27.3 Å². The lowest BCUT2D eigenvalue weighted by Crippen LogP contribution is -2.18. The second-order valence-corrected chi connectivity index (χ2v) is 9.64. The Balaban J connectivity index is 1.45. The Kier molecular flexibility index (Phi) is 6.11. The number of aromatic amines is 1. The molecule has 0 bridgehead atoms. The van der Waals surface area contributed by atoms with E-state index in [2.05, 4.69) is 25.5 Å². The van der Waals surface area contributed by atoms with Crippen LogP contribution in [0.25, 0.3) is 15.9 Å². The van der Waals surface area contributed by atoms with Crippen molar-refractivity contribution in [2.75, 3.05) is 5.75 Å². The molecule has 0 aliphatic carbocycles. The fraction of sp³-hybridized carbons (Fsp3) is 0.333. The van der Waals surface area contributed by atoms with Crippen LogP contribution in [-0.2, 0) is 9.53 Å². The molecule has 1 N–H and O–H groups in total. The zero-order valence-corrected chi connectivity index (χ0v) is 19.9. The molecule has 32 heavy (non-hydrogen) atoms. The normalized spacial score (nSPS) is 12.3. The van der Waals surface area contributed by atoms with E-state index in [1.165, 1.54) is 23.1 Å². The van der Waals surface area contributed by atoms with Crippen LogP contribution in [0.4, 0.5) is 0 Å². The van der Waals surface area contributed by atoms with E-state index in [4.69, 9.17) is 4.74 Å². The highest BCUT2D eigenvalue weighted by atomic mass is 32.2. The summed E-state index contributed by atoms with van der Waals surface area (Å²) in [6.45, 7) is 9.50. The number of ether oxygens (including phenoxy) is 1. The molecule has 0 unspecified atom stereocenters. The van der Waals surface area contributed by atoms with Crippen molar-refractivity contribution in [3.63, 3.8) is 0 Å². The summed E-state index contributed by atoms with van der Waals surface area (Å²) in [6.07, 6.45) is -0.696. The van der Waals surface area contributed by atoms with Crippen molar-refractivity contribution < 1.29 is 9.53 Å². The highest BCUT2D eigenvalue weighted by Gasteiger charge is 2.19. The molecule has 0 radical (unpaired) electrons. The summed E-state index contributed by atoms with van der Waals surface area (Å²) in [6, 6.07) is 6.00. The van der Waals surface area contributed by atoms with Gasteiger partial charge in [-0.15, -0.1) is 16.4 Å². The quantitative estimate of drug-likeness (QED) is 0.336. The maximum absolute atomic E-state index is 12.5. The number of carbonyl (C=O) groups excluding carboxylic acids is 1. The van der Waals surface area contributed by atoms with E-state index in [0.29, 0.717) is 21.2 Å². The van der Waals surface area contributed by atoms with Gasteiger partial charge in [0.1, 0.15) is 4.83 Å². The molecule has 0 spiro atoms. The van der Waals surface area contributed by atoms with Gasteiger partial charge in [0.25, 0.3) is 5.56 Å². The molecule has 0 aliphatic rings. The van der Waals surface area contributed by atoms with E-state index in [1.807, 2.05) is 45.9 Å². The molecule has 0 aliphatic heterocycles. The van der Waals surface area contributed by atoms with Crippen LogP contribution in [0.5, 0.6) is 0 Å². The lowest BCUT2D eigenvalue weighted by molar-refractivity contribution is -0.145. The van der Waals surface area contributed by atoms with Crippen molar-refractivity contribution >= 4 is 39.3 Å². The van der Waals surface area contributed by atoms with E-state index in [-0.39, 0.29) is 11.3 Å². The van der Waals surface area contributed by atoms with Crippen LogP contribution in [0.2, 0.25) is 0 Å². The van der Waals surface area contributed by atoms with Crippen LogP contribution in [0.1, 0.15) is 40.4 Å². The summed E-state index contributed by atoms with van der Waals surface area (Å²) in [5, 5.41) is 12.9. The molecule has 1 aromatic carbocycles. The number of carbonyl (C=O) groups is 1. The zero-order valence-electron chi connectivity index (χ0n) is 18.3. The third-order valence-electron chi connectivity index (χ3n) is 5.10. The summed E-state index contributed by atoms with van der Waals surface area (Å²) in [7, 11) is 0. The predicted molar refractivity (Wildman–Crippen MR) is 124 cm³/mol. The Morgan fingerprint density at radius 2 is 2.06 bits per heavy atom. The van der Waals surface area contributed by atoms with Crippen LogP contribution in [0.15, 0.2) is 28.2 Å². The van der Waals surface area contributed by atoms with Gasteiger partial charge in [0, 0.05) is 4.88 Å². The Labute approximate surface area is 192 Å². The molecule has 4 rings (SSSR count). The van der Waals surface area contributed by atoms with Crippen LogP contribution in [0.3, 0.4) is 0 Å². The summed E-state index contributed by atoms with van der Waals surface area (Å²) in [5.41, 5.74) is 3.66. The number of aromatic nitrogens is 6. The Bertz CT molecular complexity index is 1370.